The van der Waals surface area contributed by atoms with Gasteiger partial charge in [-0.2, -0.15) is 0 Å². The maximum atomic E-state index is 16.0. The number of anilines is 1. The van der Waals surface area contributed by atoms with Crippen molar-refractivity contribution in [2.75, 3.05) is 4.90 Å². The van der Waals surface area contributed by atoms with E-state index in [2.05, 4.69) is 156 Å². The summed E-state index contributed by atoms with van der Waals surface area (Å²) in [5.74, 6) is -0.730. The summed E-state index contributed by atoms with van der Waals surface area (Å²) in [6, 6.07) is 66.4. The standard InChI is InChI=1S/C67H56N2O2/c1-8-44(5)51-37-43(4)38-54(39-51)56(9-2)63-45(6)46(7)64(57(10-3)55-41-52(47-25-15-11-16-26-47)40-53(42-55)48-27-17-12-18-28-48)68(63)61-36-24-35-60-62(61)67(71)69(66(60)70)65-58(49-29-19-13-20-30-49)33-23-34-59(65)50-31-21-14-22-32-50/h8-42H,1-7H3/b44-8+,56-9-,57-10-. The summed E-state index contributed by atoms with van der Waals surface area (Å²) < 4.78 is 2.28. The molecule has 0 unspecified atom stereocenters. The lowest BCUT2D eigenvalue weighted by Crippen LogP contribution is -2.30. The second kappa shape index (κ2) is 19.4. The highest BCUT2D eigenvalue weighted by Crippen LogP contribution is 2.47. The average Bonchev–Trinajstić information content (AvgIpc) is 3.82. The molecule has 4 nitrogen and oxygen atoms in total. The molecule has 1 aliphatic rings. The van der Waals surface area contributed by atoms with Crippen LogP contribution in [0.5, 0.6) is 0 Å². The lowest BCUT2D eigenvalue weighted by Gasteiger charge is -2.23. The predicted molar refractivity (Wildman–Crippen MR) is 297 cm³/mol. The van der Waals surface area contributed by atoms with Gasteiger partial charge in [-0.3, -0.25) is 9.59 Å². The molecule has 0 bridgehead atoms. The first-order valence-electron chi connectivity index (χ1n) is 24.4. The second-order valence-electron chi connectivity index (χ2n) is 18.4. The Morgan fingerprint density at radius 2 is 0.845 bits per heavy atom. The number of carbonyl (C=O) groups is 2. The lowest BCUT2D eigenvalue weighted by atomic mass is 9.91. The molecule has 0 spiro atoms. The zero-order valence-corrected chi connectivity index (χ0v) is 41.4. The first kappa shape index (κ1) is 46.1. The molecule has 0 saturated carbocycles. The molecule has 2 heterocycles. The van der Waals surface area contributed by atoms with Crippen LogP contribution in [0.25, 0.3) is 66.9 Å². The molecule has 9 aromatic rings. The maximum Gasteiger partial charge on any atom is 0.268 e. The summed E-state index contributed by atoms with van der Waals surface area (Å²) in [4.78, 5) is 32.8. The van der Waals surface area contributed by atoms with E-state index in [0.717, 1.165) is 100 Å². The van der Waals surface area contributed by atoms with Gasteiger partial charge in [0.05, 0.1) is 33.9 Å². The lowest BCUT2D eigenvalue weighted by molar-refractivity contribution is 0.0926. The number of amides is 2. The number of hydrogen-bond acceptors (Lipinski definition) is 2. The Bertz CT molecular complexity index is 3500. The van der Waals surface area contributed by atoms with Gasteiger partial charge in [-0.05, 0) is 157 Å². The molecule has 0 N–H and O–H groups in total. The van der Waals surface area contributed by atoms with E-state index in [1.54, 1.807) is 0 Å². The van der Waals surface area contributed by atoms with Gasteiger partial charge in [-0.1, -0.05) is 176 Å². The van der Waals surface area contributed by atoms with Crippen LogP contribution >= 0.6 is 0 Å². The molecule has 4 heteroatoms. The van der Waals surface area contributed by atoms with E-state index in [0.29, 0.717) is 22.5 Å². The van der Waals surface area contributed by atoms with E-state index < -0.39 is 0 Å². The number of allylic oxidation sites excluding steroid dienone is 4. The fourth-order valence-corrected chi connectivity index (χ4v) is 10.4. The summed E-state index contributed by atoms with van der Waals surface area (Å²) >= 11 is 0. The van der Waals surface area contributed by atoms with Gasteiger partial charge in [0.1, 0.15) is 0 Å². The molecular weight excluding hydrogens is 865 g/mol. The van der Waals surface area contributed by atoms with Gasteiger partial charge < -0.3 is 4.57 Å². The fraction of sp³-hybridized carbons (Fsp3) is 0.104. The van der Waals surface area contributed by atoms with Crippen molar-refractivity contribution in [1.29, 1.82) is 0 Å². The van der Waals surface area contributed by atoms with Gasteiger partial charge in [-0.25, -0.2) is 4.90 Å². The molecule has 1 aliphatic heterocycles. The fourth-order valence-electron chi connectivity index (χ4n) is 10.4. The minimum absolute atomic E-state index is 0.359. The summed E-state index contributed by atoms with van der Waals surface area (Å²) in [7, 11) is 0. The van der Waals surface area contributed by atoms with Crippen LogP contribution in [0.1, 0.15) is 93.2 Å². The van der Waals surface area contributed by atoms with E-state index in [9.17, 15) is 0 Å². The van der Waals surface area contributed by atoms with Gasteiger partial charge in [0.15, 0.2) is 0 Å². The van der Waals surface area contributed by atoms with Crippen molar-refractivity contribution in [3.8, 4) is 50.2 Å². The quantitative estimate of drug-likeness (QED) is 0.121. The highest BCUT2D eigenvalue weighted by Gasteiger charge is 2.42. The number of benzene rings is 8. The van der Waals surface area contributed by atoms with Crippen LogP contribution in [0.3, 0.4) is 0 Å². The van der Waals surface area contributed by atoms with Crippen LogP contribution in [0.4, 0.5) is 5.69 Å². The zero-order valence-electron chi connectivity index (χ0n) is 41.4. The van der Waals surface area contributed by atoms with Crippen LogP contribution < -0.4 is 4.90 Å². The third kappa shape index (κ3) is 8.32. The largest absolute Gasteiger partial charge is 0.308 e. The first-order valence-corrected chi connectivity index (χ1v) is 24.4. The number of fused-ring (bicyclic) bond motifs is 1. The Morgan fingerprint density at radius 1 is 0.408 bits per heavy atom. The van der Waals surface area contributed by atoms with E-state index in [1.807, 2.05) is 109 Å². The average molecular weight is 921 g/mol. The van der Waals surface area contributed by atoms with Crippen LogP contribution in [-0.2, 0) is 0 Å². The Balaban J connectivity index is 1.26. The number of para-hydroxylation sites is 1. The molecule has 346 valence electrons. The molecule has 8 aromatic carbocycles. The Morgan fingerprint density at radius 3 is 1.32 bits per heavy atom. The monoisotopic (exact) mass is 920 g/mol. The van der Waals surface area contributed by atoms with Crippen LogP contribution in [0.2, 0.25) is 0 Å². The molecule has 0 atom stereocenters. The number of aryl methyl sites for hydroxylation is 1. The predicted octanol–water partition coefficient (Wildman–Crippen LogP) is 17.2. The van der Waals surface area contributed by atoms with Crippen molar-refractivity contribution in [1.82, 2.24) is 4.57 Å². The molecule has 10 rings (SSSR count). The topological polar surface area (TPSA) is 42.3 Å². The number of carbonyl (C=O) groups excluding carboxylic acids is 2. The minimum atomic E-state index is -0.370. The van der Waals surface area contributed by atoms with Crippen LogP contribution in [-0.4, -0.2) is 16.4 Å². The van der Waals surface area contributed by atoms with Crippen molar-refractivity contribution in [2.45, 2.75) is 48.5 Å². The second-order valence-corrected chi connectivity index (χ2v) is 18.4. The van der Waals surface area contributed by atoms with Gasteiger partial charge in [-0.15, -0.1) is 0 Å². The summed E-state index contributed by atoms with van der Waals surface area (Å²) in [5.41, 5.74) is 21.4. The van der Waals surface area contributed by atoms with Gasteiger partial charge in [0, 0.05) is 22.3 Å². The number of hydrogen-bond donors (Lipinski definition) is 0. The summed E-state index contributed by atoms with van der Waals surface area (Å²) in [5, 5.41) is 0. The number of rotatable bonds is 11. The Labute approximate surface area is 418 Å². The van der Waals surface area contributed by atoms with Crippen molar-refractivity contribution >= 4 is 34.2 Å². The van der Waals surface area contributed by atoms with Crippen molar-refractivity contribution in [3.63, 3.8) is 0 Å². The molecule has 2 amide bonds. The van der Waals surface area contributed by atoms with E-state index in [1.165, 1.54) is 10.5 Å². The van der Waals surface area contributed by atoms with Crippen LogP contribution in [0, 0.1) is 20.8 Å². The van der Waals surface area contributed by atoms with E-state index >= 15 is 9.59 Å². The van der Waals surface area contributed by atoms with Crippen molar-refractivity contribution in [2.24, 2.45) is 0 Å². The van der Waals surface area contributed by atoms with Gasteiger partial charge in [0.25, 0.3) is 11.8 Å². The third-order valence-electron chi connectivity index (χ3n) is 14.1. The molecule has 0 saturated heterocycles. The Hall–Kier alpha value is -8.60. The smallest absolute Gasteiger partial charge is 0.268 e. The molecule has 0 fully saturated rings. The number of nitrogens with zero attached hydrogens (tertiary/aromatic N) is 2. The molecular formula is C67H56N2O2. The summed E-state index contributed by atoms with van der Waals surface area (Å²) in [6.07, 6.45) is 6.53. The highest BCUT2D eigenvalue weighted by atomic mass is 16.2. The highest BCUT2D eigenvalue weighted by molar-refractivity contribution is 6.37. The normalized spacial score (nSPS) is 13.0. The van der Waals surface area contributed by atoms with E-state index in [-0.39, 0.29) is 11.8 Å². The zero-order chi connectivity index (χ0) is 49.3. The SMILES string of the molecule is C/C=C(/c1cc(C)cc(/C(C)=C/C)c1)c1c(C)c(C)c(/C(=C\C)c2cc(-c3ccccc3)cc(-c3ccccc3)c2)n1-c1cccc2c1C(=O)N(c1c(-c3ccccc3)cccc1-c1ccccc1)C2=O. The molecule has 0 aliphatic carbocycles. The van der Waals surface area contributed by atoms with E-state index in [4.69, 9.17) is 0 Å². The summed E-state index contributed by atoms with van der Waals surface area (Å²) in [6.45, 7) is 14.9. The molecule has 71 heavy (non-hydrogen) atoms. The number of aromatic nitrogens is 1. The van der Waals surface area contributed by atoms with Gasteiger partial charge in [0.2, 0.25) is 0 Å². The Kier molecular flexibility index (Phi) is 12.6. The number of imide groups is 1. The molecule has 0 radical (unpaired) electrons. The first-order chi connectivity index (χ1) is 34.6. The third-order valence-corrected chi connectivity index (χ3v) is 14.1. The van der Waals surface area contributed by atoms with Crippen LogP contribution in [0.15, 0.2) is 212 Å². The van der Waals surface area contributed by atoms with Crippen molar-refractivity contribution < 1.29 is 9.59 Å². The minimum Gasteiger partial charge on any atom is -0.308 e. The van der Waals surface area contributed by atoms with Gasteiger partial charge >= 0.3 is 0 Å². The maximum absolute atomic E-state index is 16.0. The van der Waals surface area contributed by atoms with Crippen molar-refractivity contribution in [3.05, 3.63) is 268 Å². The molecule has 1 aromatic heterocycles.